The van der Waals surface area contributed by atoms with Crippen LogP contribution >= 0.6 is 0 Å². The number of fused-ring (bicyclic) bond motifs is 1. The fraction of sp³-hybridized carbons (Fsp3) is 0.333. The predicted molar refractivity (Wildman–Crippen MR) is 76.0 cm³/mol. The van der Waals surface area contributed by atoms with Gasteiger partial charge in [0.1, 0.15) is 0 Å². The molecule has 0 aliphatic heterocycles. The second-order valence-electron chi connectivity index (χ2n) is 4.76. The maximum atomic E-state index is 4.51. The van der Waals surface area contributed by atoms with Crippen LogP contribution in [0.4, 0.5) is 0 Å². The van der Waals surface area contributed by atoms with E-state index in [1.807, 2.05) is 35.2 Å². The molecule has 0 radical (unpaired) electrons. The van der Waals surface area contributed by atoms with E-state index in [9.17, 15) is 0 Å². The van der Waals surface area contributed by atoms with Crippen LogP contribution < -0.4 is 0 Å². The molecule has 3 rings (SSSR count). The van der Waals surface area contributed by atoms with Crippen molar-refractivity contribution in [2.45, 2.75) is 32.7 Å². The first kappa shape index (κ1) is 12.0. The zero-order valence-electron chi connectivity index (χ0n) is 11.3. The Balaban J connectivity index is 2.05. The Morgan fingerprint density at radius 1 is 1.16 bits per heavy atom. The highest BCUT2D eigenvalue weighted by atomic mass is 15.3. The second-order valence-corrected chi connectivity index (χ2v) is 4.76. The van der Waals surface area contributed by atoms with Crippen LogP contribution in [-0.2, 0) is 0 Å². The summed E-state index contributed by atoms with van der Waals surface area (Å²) in [6.07, 6.45) is 10.1. The zero-order valence-corrected chi connectivity index (χ0v) is 11.3. The predicted octanol–water partition coefficient (Wildman–Crippen LogP) is 3.56. The third kappa shape index (κ3) is 2.03. The standard InChI is InChI=1S/C15H18N4/c1-3-13(4-2)19-11-12(10-17-19)14-6-5-9-18-15(14)7-8-16-18/h5-11,13H,3-4H2,1-2H3. The zero-order chi connectivity index (χ0) is 13.2. The molecule has 0 bridgehead atoms. The monoisotopic (exact) mass is 254 g/mol. The molecule has 0 amide bonds. The second kappa shape index (κ2) is 4.88. The summed E-state index contributed by atoms with van der Waals surface area (Å²) in [7, 11) is 0. The highest BCUT2D eigenvalue weighted by Crippen LogP contribution is 2.25. The third-order valence-electron chi connectivity index (χ3n) is 3.67. The number of pyridine rings is 1. The number of rotatable bonds is 4. The van der Waals surface area contributed by atoms with Gasteiger partial charge in [0.15, 0.2) is 0 Å². The van der Waals surface area contributed by atoms with Gasteiger partial charge in [-0.15, -0.1) is 0 Å². The van der Waals surface area contributed by atoms with E-state index < -0.39 is 0 Å². The van der Waals surface area contributed by atoms with Gasteiger partial charge in [0.2, 0.25) is 0 Å². The average Bonchev–Trinajstić information content (AvgIpc) is 3.08. The van der Waals surface area contributed by atoms with Crippen LogP contribution in [0.15, 0.2) is 43.0 Å². The summed E-state index contributed by atoms with van der Waals surface area (Å²) in [4.78, 5) is 0. The molecule has 3 heterocycles. The molecule has 0 spiro atoms. The molecule has 0 aliphatic carbocycles. The van der Waals surface area contributed by atoms with E-state index in [1.54, 1.807) is 0 Å². The van der Waals surface area contributed by atoms with Crippen molar-refractivity contribution in [2.24, 2.45) is 0 Å². The molecule has 0 saturated heterocycles. The largest absolute Gasteiger partial charge is 0.269 e. The first-order valence-corrected chi connectivity index (χ1v) is 6.80. The van der Waals surface area contributed by atoms with E-state index in [1.165, 1.54) is 5.56 Å². The average molecular weight is 254 g/mol. The smallest absolute Gasteiger partial charge is 0.0740 e. The van der Waals surface area contributed by atoms with E-state index in [4.69, 9.17) is 0 Å². The molecule has 0 aromatic carbocycles. The Bertz CT molecular complexity index is 676. The summed E-state index contributed by atoms with van der Waals surface area (Å²) in [5.41, 5.74) is 3.45. The summed E-state index contributed by atoms with van der Waals surface area (Å²) in [6.45, 7) is 4.40. The van der Waals surface area contributed by atoms with Crippen molar-refractivity contribution in [1.29, 1.82) is 0 Å². The van der Waals surface area contributed by atoms with Crippen LogP contribution in [0.1, 0.15) is 32.7 Å². The van der Waals surface area contributed by atoms with E-state index >= 15 is 0 Å². The van der Waals surface area contributed by atoms with Crippen LogP contribution in [-0.4, -0.2) is 19.4 Å². The van der Waals surface area contributed by atoms with Gasteiger partial charge in [-0.3, -0.25) is 4.68 Å². The molecular formula is C15H18N4. The fourth-order valence-corrected chi connectivity index (χ4v) is 2.54. The Kier molecular flexibility index (Phi) is 3.07. The maximum absolute atomic E-state index is 4.51. The highest BCUT2D eigenvalue weighted by molar-refractivity contribution is 5.79. The fourth-order valence-electron chi connectivity index (χ4n) is 2.54. The normalized spacial score (nSPS) is 11.5. The van der Waals surface area contributed by atoms with Crippen LogP contribution in [0.2, 0.25) is 0 Å². The SMILES string of the molecule is CCC(CC)n1cc(-c2cccn3nccc23)cn1. The lowest BCUT2D eigenvalue weighted by Crippen LogP contribution is -2.06. The summed E-state index contributed by atoms with van der Waals surface area (Å²) >= 11 is 0. The Hall–Kier alpha value is -2.10. The van der Waals surface area contributed by atoms with Crippen LogP contribution in [0.5, 0.6) is 0 Å². The van der Waals surface area contributed by atoms with Gasteiger partial charge in [-0.1, -0.05) is 19.9 Å². The molecule has 3 aromatic rings. The maximum Gasteiger partial charge on any atom is 0.0740 e. The number of hydrogen-bond donors (Lipinski definition) is 0. The van der Waals surface area contributed by atoms with Crippen molar-refractivity contribution in [2.75, 3.05) is 0 Å². The molecule has 98 valence electrons. The Morgan fingerprint density at radius 2 is 2.00 bits per heavy atom. The van der Waals surface area contributed by atoms with Crippen LogP contribution in [0.25, 0.3) is 16.6 Å². The molecule has 0 unspecified atom stereocenters. The molecule has 0 fully saturated rings. The lowest BCUT2D eigenvalue weighted by Gasteiger charge is -2.12. The first-order chi connectivity index (χ1) is 9.33. The van der Waals surface area contributed by atoms with Crippen molar-refractivity contribution in [3.63, 3.8) is 0 Å². The van der Waals surface area contributed by atoms with Gasteiger partial charge in [-0.2, -0.15) is 10.2 Å². The van der Waals surface area contributed by atoms with Crippen molar-refractivity contribution in [1.82, 2.24) is 19.4 Å². The van der Waals surface area contributed by atoms with E-state index in [0.29, 0.717) is 6.04 Å². The van der Waals surface area contributed by atoms with E-state index in [0.717, 1.165) is 23.9 Å². The van der Waals surface area contributed by atoms with Crippen molar-refractivity contribution in [3.8, 4) is 11.1 Å². The minimum atomic E-state index is 0.485. The summed E-state index contributed by atoms with van der Waals surface area (Å²) in [5.74, 6) is 0. The minimum absolute atomic E-state index is 0.485. The molecule has 0 aliphatic rings. The van der Waals surface area contributed by atoms with E-state index in [-0.39, 0.29) is 0 Å². The number of nitrogens with zero attached hydrogens (tertiary/aromatic N) is 4. The molecular weight excluding hydrogens is 236 g/mol. The first-order valence-electron chi connectivity index (χ1n) is 6.80. The Morgan fingerprint density at radius 3 is 2.79 bits per heavy atom. The molecule has 0 N–H and O–H groups in total. The number of aromatic nitrogens is 4. The van der Waals surface area contributed by atoms with Crippen molar-refractivity contribution < 1.29 is 0 Å². The third-order valence-corrected chi connectivity index (χ3v) is 3.67. The van der Waals surface area contributed by atoms with Crippen LogP contribution in [0, 0.1) is 0 Å². The topological polar surface area (TPSA) is 35.1 Å². The van der Waals surface area contributed by atoms with Gasteiger partial charge in [0, 0.05) is 29.7 Å². The molecule has 4 heteroatoms. The van der Waals surface area contributed by atoms with Gasteiger partial charge in [-0.25, -0.2) is 4.52 Å². The van der Waals surface area contributed by atoms with Crippen molar-refractivity contribution >= 4 is 5.52 Å². The molecule has 4 nitrogen and oxygen atoms in total. The van der Waals surface area contributed by atoms with Gasteiger partial charge in [0.05, 0.1) is 17.8 Å². The highest BCUT2D eigenvalue weighted by Gasteiger charge is 2.10. The molecule has 0 atom stereocenters. The molecule has 3 aromatic heterocycles. The van der Waals surface area contributed by atoms with E-state index in [2.05, 4.69) is 41.0 Å². The lowest BCUT2D eigenvalue weighted by molar-refractivity contribution is 0.428. The summed E-state index contributed by atoms with van der Waals surface area (Å²) in [6, 6.07) is 6.65. The minimum Gasteiger partial charge on any atom is -0.269 e. The van der Waals surface area contributed by atoms with Gasteiger partial charge in [-0.05, 0) is 25.0 Å². The molecule has 19 heavy (non-hydrogen) atoms. The molecule has 0 saturated carbocycles. The Labute approximate surface area is 112 Å². The van der Waals surface area contributed by atoms with Gasteiger partial charge < -0.3 is 0 Å². The van der Waals surface area contributed by atoms with Gasteiger partial charge in [0.25, 0.3) is 0 Å². The van der Waals surface area contributed by atoms with Gasteiger partial charge >= 0.3 is 0 Å². The quantitative estimate of drug-likeness (QED) is 0.713. The van der Waals surface area contributed by atoms with Crippen molar-refractivity contribution in [3.05, 3.63) is 43.0 Å². The lowest BCUT2D eigenvalue weighted by atomic mass is 10.1. The summed E-state index contributed by atoms with van der Waals surface area (Å²) < 4.78 is 3.97. The number of hydrogen-bond acceptors (Lipinski definition) is 2. The summed E-state index contributed by atoms with van der Waals surface area (Å²) in [5, 5.41) is 8.78. The van der Waals surface area contributed by atoms with Crippen LogP contribution in [0.3, 0.4) is 0 Å².